The van der Waals surface area contributed by atoms with Crippen molar-refractivity contribution in [3.8, 4) is 17.2 Å². The maximum Gasteiger partial charge on any atom is 0.530 e. The van der Waals surface area contributed by atoms with Crippen LogP contribution in [0.15, 0.2) is 179 Å². The van der Waals surface area contributed by atoms with E-state index in [0.717, 1.165) is 0 Å². The van der Waals surface area contributed by atoms with E-state index in [9.17, 15) is 32.9 Å². The molecule has 14 unspecified atom stereocenters. The molecule has 4 fully saturated rings. The molecule has 8 heterocycles. The van der Waals surface area contributed by atoms with Crippen molar-refractivity contribution in [2.24, 2.45) is 9.98 Å². The lowest BCUT2D eigenvalue weighted by Gasteiger charge is -2.35. The predicted octanol–water partition coefficient (Wildman–Crippen LogP) is 13.2. The van der Waals surface area contributed by atoms with Gasteiger partial charge in [0.05, 0.1) is 31.0 Å². The summed E-state index contributed by atoms with van der Waals surface area (Å²) in [6.45, 7) is 7.39. The third kappa shape index (κ3) is 21.5. The van der Waals surface area contributed by atoms with E-state index < -0.39 is 90.6 Å². The van der Waals surface area contributed by atoms with Crippen LogP contribution in [0.1, 0.15) is 99.4 Å². The SMILES string of the molecule is CC=C=O.CCC1OC(N2C=NC3C(=O)NC(=NC)NC32)CC1OP(=O)(OC)Oc1ccc(Cl)cc1.CCC1OC(n2ccc(NC(=O)c3ccccc3)nc2=O)CC1OP(=O)(OC)Oc1ccc(Cl)cc1.CCC1OC(n2cnc3c(NC(=O)c4ccccc4)ncnc32)CC1OP(=O)(OC)Oc1ccc(Cl)cc1. The third-order valence-corrected chi connectivity index (χ3v) is 22.1. The molecule has 5 aliphatic rings. The van der Waals surface area contributed by atoms with E-state index in [1.807, 2.05) is 31.7 Å². The van der Waals surface area contributed by atoms with Gasteiger partial charge in [0.25, 0.3) is 17.7 Å². The molecule has 14 atom stereocenters. The van der Waals surface area contributed by atoms with Gasteiger partial charge in [-0.2, -0.15) is 4.98 Å². The highest BCUT2D eigenvalue weighted by Gasteiger charge is 2.50. The number of guanidine groups is 1. The Morgan fingerprint density at radius 3 is 1.48 bits per heavy atom. The fraction of sp³-hybridized carbons (Fsp3) is 0.352. The average Bonchev–Trinajstić information content (AvgIpc) is 1.63. The molecule has 4 saturated heterocycles. The van der Waals surface area contributed by atoms with E-state index in [0.29, 0.717) is 86.9 Å². The highest BCUT2D eigenvalue weighted by Crippen LogP contribution is 2.55. The number of halogens is 3. The fourth-order valence-corrected chi connectivity index (χ4v) is 15.5. The van der Waals surface area contributed by atoms with E-state index in [-0.39, 0.29) is 47.6 Å². The number of carbonyl (C=O) groups is 3. The van der Waals surface area contributed by atoms with E-state index in [1.54, 1.807) is 165 Å². The molecule has 0 saturated carbocycles. The number of carbonyl (C=O) groups excluding carboxylic acids is 4. The van der Waals surface area contributed by atoms with Gasteiger partial charge in [0.15, 0.2) is 29.0 Å². The average molecular weight is 1630 g/mol. The molecule has 39 heteroatoms. The first-order chi connectivity index (χ1) is 52.9. The molecule has 0 spiro atoms. The van der Waals surface area contributed by atoms with Gasteiger partial charge in [-0.05, 0) is 135 Å². The van der Waals surface area contributed by atoms with Gasteiger partial charge < -0.3 is 48.6 Å². The molecule has 0 radical (unpaired) electrons. The number of fused-ring (bicyclic) bond motifs is 2. The van der Waals surface area contributed by atoms with Crippen LogP contribution in [0, 0.1) is 0 Å². The van der Waals surface area contributed by atoms with Gasteiger partial charge in [0.1, 0.15) is 78.5 Å². The van der Waals surface area contributed by atoms with E-state index in [2.05, 4.69) is 51.2 Å². The summed E-state index contributed by atoms with van der Waals surface area (Å²) in [5, 5.41) is 12.7. The summed E-state index contributed by atoms with van der Waals surface area (Å²) in [6, 6.07) is 37.3. The smallest absolute Gasteiger partial charge is 0.404 e. The van der Waals surface area contributed by atoms with Crippen LogP contribution < -0.4 is 40.5 Å². The van der Waals surface area contributed by atoms with Crippen LogP contribution in [0.3, 0.4) is 0 Å². The first-order valence-electron chi connectivity index (χ1n) is 34.3. The molecule has 5 aromatic carbocycles. The molecule has 110 heavy (non-hydrogen) atoms. The molecule has 584 valence electrons. The number of benzene rings is 5. The summed E-state index contributed by atoms with van der Waals surface area (Å²) < 4.78 is 110. The number of anilines is 2. The van der Waals surface area contributed by atoms with Gasteiger partial charge in [0.2, 0.25) is 0 Å². The molecule has 4 N–H and O–H groups in total. The maximum absolute atomic E-state index is 13.3. The van der Waals surface area contributed by atoms with Gasteiger partial charge in [-0.25, -0.2) is 38.2 Å². The fourth-order valence-electron chi connectivity index (χ4n) is 11.7. The molecule has 0 aliphatic carbocycles. The Morgan fingerprint density at radius 1 is 0.618 bits per heavy atom. The monoisotopic (exact) mass is 1630 g/mol. The number of allylic oxidation sites excluding steroid dienone is 1. The number of phosphoric ester groups is 3. The van der Waals surface area contributed by atoms with Gasteiger partial charge in [-0.1, -0.05) is 92.0 Å². The second kappa shape index (κ2) is 38.7. The van der Waals surface area contributed by atoms with Crippen LogP contribution in [0.5, 0.6) is 17.2 Å². The Bertz CT molecular complexity index is 4790. The third-order valence-electron chi connectivity index (χ3n) is 17.1. The largest absolute Gasteiger partial charge is 0.530 e. The standard InChI is InChI=1S/C25H25ClN5O6P.C24H25ClN3O7P.C19H25ClN5O6P.C3H4O/c1-3-19-20(37-38(33,34-2)36-18-11-9-17(26)10-12-18)13-21(35-19)31-15-29-22-23(27-14-28-24(22)31)30-25(32)16-7-5-4-6-8-16;1-3-19-20(35-36(31,32-2)34-18-11-9-17(25)10-12-18)15-22(33-19)28-14-13-21(27-24(28)30)26-23(29)16-7-5-4-6-8-16;1-4-13-14(31-32(27,28-3)30-12-7-5-11(20)6-8-12)9-15(29-13)25-10-22-16-17(25)23-19(21-2)24-18(16)26;1-2-3-4/h4-12,14-15,19-21H,3,13H2,1-2H3,(H,27,28,30,32);4-14,19-20,22H,3,15H2,1-2H3,(H,26,27,29,30);5-8,10,13-17H,4,9H2,1-3H3,(H2,21,23,24,26);2H,1H3. The number of nitrogens with one attached hydrogen (secondary N) is 4. The van der Waals surface area contributed by atoms with Crippen molar-refractivity contribution in [2.75, 3.05) is 39.0 Å². The zero-order valence-electron chi connectivity index (χ0n) is 60.4. The minimum atomic E-state index is -3.99. The zero-order valence-corrected chi connectivity index (χ0v) is 65.4. The summed E-state index contributed by atoms with van der Waals surface area (Å²) in [5.74, 6) is 2.24. The summed E-state index contributed by atoms with van der Waals surface area (Å²) in [7, 11) is -6.55. The first-order valence-corrected chi connectivity index (χ1v) is 39.8. The number of phosphoric acid groups is 3. The minimum absolute atomic E-state index is 0.114. The Labute approximate surface area is 647 Å². The Balaban J connectivity index is 0.000000172. The topological polar surface area (TPSA) is 385 Å². The lowest BCUT2D eigenvalue weighted by Crippen LogP contribution is -2.65. The van der Waals surface area contributed by atoms with Crippen LogP contribution in [0.25, 0.3) is 11.2 Å². The number of nitrogens with zero attached hydrogens (tertiary/aromatic N) is 9. The van der Waals surface area contributed by atoms with E-state index in [4.69, 9.17) is 94.5 Å². The van der Waals surface area contributed by atoms with Crippen LogP contribution in [-0.2, 0) is 64.6 Å². The van der Waals surface area contributed by atoms with E-state index >= 15 is 0 Å². The lowest BCUT2D eigenvalue weighted by atomic mass is 10.1. The number of rotatable bonds is 25. The number of aromatic nitrogens is 6. The molecule has 5 aliphatic heterocycles. The second-order valence-corrected chi connectivity index (χ2v) is 30.4. The minimum Gasteiger partial charge on any atom is -0.404 e. The van der Waals surface area contributed by atoms with Gasteiger partial charge in [-0.15, -0.1) is 0 Å². The molecule has 3 aromatic heterocycles. The quantitative estimate of drug-likeness (QED) is 0.0305. The maximum atomic E-state index is 13.3. The number of hydrogen-bond donors (Lipinski definition) is 4. The summed E-state index contributed by atoms with van der Waals surface area (Å²) in [5.41, 5.74) is 1.19. The lowest BCUT2D eigenvalue weighted by molar-refractivity contribution is -0.123. The van der Waals surface area contributed by atoms with Crippen molar-refractivity contribution in [2.45, 2.75) is 134 Å². The van der Waals surface area contributed by atoms with Gasteiger partial charge in [-0.3, -0.25) is 66.0 Å². The van der Waals surface area contributed by atoms with Crippen molar-refractivity contribution < 1.29 is 87.8 Å². The molecule has 3 amide bonds. The summed E-state index contributed by atoms with van der Waals surface area (Å²) in [4.78, 5) is 86.1. The van der Waals surface area contributed by atoms with Crippen molar-refractivity contribution in [1.82, 2.24) is 44.6 Å². The summed E-state index contributed by atoms with van der Waals surface area (Å²) >= 11 is 17.7. The molecular weight excluding hydrogens is 1550 g/mol. The normalized spacial score (nSPS) is 23.6. The molecule has 13 rings (SSSR count). The first kappa shape index (κ1) is 83.4. The molecule has 33 nitrogen and oxygen atoms in total. The second-order valence-electron chi connectivity index (χ2n) is 24.2. The Kier molecular flexibility index (Phi) is 29.4. The number of imidazole rings is 1. The molecular formula is C71H79Cl3N13O20P3. The number of amides is 3. The number of aliphatic imine (C=N–C) groups is 2. The van der Waals surface area contributed by atoms with Crippen LogP contribution >= 0.6 is 58.3 Å². The molecule has 8 aromatic rings. The van der Waals surface area contributed by atoms with Crippen LogP contribution in [0.4, 0.5) is 11.6 Å². The van der Waals surface area contributed by atoms with Crippen LogP contribution in [0.2, 0.25) is 15.1 Å². The van der Waals surface area contributed by atoms with Crippen molar-refractivity contribution in [3.05, 3.63) is 201 Å². The zero-order chi connectivity index (χ0) is 78.7. The number of ether oxygens (including phenoxy) is 3. The predicted molar refractivity (Wildman–Crippen MR) is 407 cm³/mol. The van der Waals surface area contributed by atoms with Crippen LogP contribution in [-0.4, -0.2) is 153 Å². The highest BCUT2D eigenvalue weighted by atomic mass is 35.5. The molecule has 0 bridgehead atoms. The Hall–Kier alpha value is -9.07. The summed E-state index contributed by atoms with van der Waals surface area (Å²) in [6.07, 6.45) is 4.71. The van der Waals surface area contributed by atoms with Gasteiger partial charge in [0, 0.05) is 80.0 Å². The van der Waals surface area contributed by atoms with Crippen molar-refractivity contribution in [1.29, 1.82) is 0 Å². The van der Waals surface area contributed by atoms with Crippen molar-refractivity contribution in [3.63, 3.8) is 0 Å². The van der Waals surface area contributed by atoms with E-state index in [1.165, 1.54) is 50.6 Å². The van der Waals surface area contributed by atoms with Crippen molar-refractivity contribution >= 4 is 117 Å². The number of hydrogen-bond acceptors (Lipinski definition) is 27. The Morgan fingerprint density at radius 2 is 1.05 bits per heavy atom. The highest BCUT2D eigenvalue weighted by molar-refractivity contribution is 7.49. The van der Waals surface area contributed by atoms with Gasteiger partial charge >= 0.3 is 29.2 Å².